The average Bonchev–Trinajstić information content (AvgIpc) is 3.11. The van der Waals surface area contributed by atoms with Crippen molar-refractivity contribution in [3.05, 3.63) is 77.3 Å². The van der Waals surface area contributed by atoms with Gasteiger partial charge in [0.05, 0.1) is 5.52 Å². The van der Waals surface area contributed by atoms with Crippen molar-refractivity contribution in [3.8, 4) is 16.9 Å². The summed E-state index contributed by atoms with van der Waals surface area (Å²) >= 11 is 5.81. The minimum absolute atomic E-state index is 0.192. The summed E-state index contributed by atoms with van der Waals surface area (Å²) in [7, 11) is 0. The molecule has 0 fully saturated rings. The normalized spacial score (nSPS) is 10.9. The van der Waals surface area contributed by atoms with Crippen molar-refractivity contribution in [2.24, 2.45) is 0 Å². The maximum atomic E-state index is 13.5. The number of anilines is 1. The first kappa shape index (κ1) is 18.9. The van der Waals surface area contributed by atoms with Gasteiger partial charge < -0.3 is 10.1 Å². The van der Waals surface area contributed by atoms with Crippen LogP contribution in [0.2, 0.25) is 5.02 Å². The summed E-state index contributed by atoms with van der Waals surface area (Å²) in [5, 5.41) is 10.9. The minimum atomic E-state index is -0.916. The zero-order valence-electron chi connectivity index (χ0n) is 14.9. The van der Waals surface area contributed by atoms with Gasteiger partial charge in [-0.3, -0.25) is 9.89 Å². The number of nitrogens with zero attached hydrogens (tertiary/aromatic N) is 1. The number of hydrogen-bond acceptors (Lipinski definition) is 3. The van der Waals surface area contributed by atoms with E-state index in [4.69, 9.17) is 16.3 Å². The molecule has 4 aromatic rings. The van der Waals surface area contributed by atoms with E-state index in [0.717, 1.165) is 12.1 Å². The second-order valence-corrected chi connectivity index (χ2v) is 6.69. The van der Waals surface area contributed by atoms with Crippen LogP contribution in [-0.2, 0) is 4.79 Å². The Morgan fingerprint density at radius 1 is 1.00 bits per heavy atom. The number of hydrogen-bond donors (Lipinski definition) is 2. The molecule has 0 bridgehead atoms. The number of halogens is 3. The third-order valence-corrected chi connectivity index (χ3v) is 4.51. The summed E-state index contributed by atoms with van der Waals surface area (Å²) in [6.07, 6.45) is 0. The van der Waals surface area contributed by atoms with Gasteiger partial charge in [-0.2, -0.15) is 5.10 Å². The molecule has 0 aliphatic heterocycles. The Kier molecular flexibility index (Phi) is 5.14. The number of carbonyl (C=O) groups is 1. The summed E-state index contributed by atoms with van der Waals surface area (Å²) in [4.78, 5) is 12.2. The summed E-state index contributed by atoms with van der Waals surface area (Å²) in [5.74, 6) is -1.32. The molecule has 8 heteroatoms. The molecule has 1 amide bonds. The minimum Gasteiger partial charge on any atom is -0.484 e. The van der Waals surface area contributed by atoms with Crippen molar-refractivity contribution in [2.75, 3.05) is 11.9 Å². The van der Waals surface area contributed by atoms with E-state index in [-0.39, 0.29) is 12.5 Å². The summed E-state index contributed by atoms with van der Waals surface area (Å²) in [6, 6.07) is 15.6. The Morgan fingerprint density at radius 2 is 1.72 bits per heavy atom. The van der Waals surface area contributed by atoms with Crippen molar-refractivity contribution >= 4 is 34.2 Å². The molecule has 0 spiro atoms. The van der Waals surface area contributed by atoms with Crippen LogP contribution in [0.5, 0.6) is 5.75 Å². The summed E-state index contributed by atoms with van der Waals surface area (Å²) < 4.78 is 32.0. The molecule has 2 N–H and O–H groups in total. The fourth-order valence-corrected chi connectivity index (χ4v) is 2.94. The van der Waals surface area contributed by atoms with Crippen LogP contribution in [0.4, 0.5) is 14.6 Å². The number of fused-ring (bicyclic) bond motifs is 1. The number of ether oxygens (including phenoxy) is 1. The highest BCUT2D eigenvalue weighted by Gasteiger charge is 2.12. The van der Waals surface area contributed by atoms with Crippen LogP contribution in [-0.4, -0.2) is 22.7 Å². The predicted octanol–water partition coefficient (Wildman–Crippen LogP) is 5.18. The van der Waals surface area contributed by atoms with E-state index in [0.29, 0.717) is 38.6 Å². The Labute approximate surface area is 169 Å². The smallest absolute Gasteiger partial charge is 0.263 e. The van der Waals surface area contributed by atoms with E-state index >= 15 is 0 Å². The lowest BCUT2D eigenvalue weighted by Gasteiger charge is -2.06. The first-order valence-electron chi connectivity index (χ1n) is 8.61. The molecule has 0 aliphatic carbocycles. The van der Waals surface area contributed by atoms with E-state index in [1.807, 2.05) is 0 Å². The predicted molar refractivity (Wildman–Crippen MR) is 107 cm³/mol. The van der Waals surface area contributed by atoms with E-state index in [1.54, 1.807) is 42.5 Å². The Balaban J connectivity index is 1.47. The molecule has 4 rings (SSSR count). The highest BCUT2D eigenvalue weighted by atomic mass is 35.5. The van der Waals surface area contributed by atoms with Crippen molar-refractivity contribution in [1.29, 1.82) is 0 Å². The number of aromatic nitrogens is 2. The second kappa shape index (κ2) is 7.89. The first-order valence-corrected chi connectivity index (χ1v) is 8.99. The molecule has 1 heterocycles. The fourth-order valence-electron chi connectivity index (χ4n) is 2.82. The molecule has 3 aromatic carbocycles. The largest absolute Gasteiger partial charge is 0.484 e. The van der Waals surface area contributed by atoms with Crippen LogP contribution in [0.1, 0.15) is 0 Å². The highest BCUT2D eigenvalue weighted by molar-refractivity contribution is 6.30. The molecule has 0 saturated heterocycles. The third kappa shape index (κ3) is 4.20. The average molecular weight is 414 g/mol. The zero-order valence-corrected chi connectivity index (χ0v) is 15.6. The topological polar surface area (TPSA) is 67.0 Å². The molecule has 5 nitrogen and oxygen atoms in total. The SMILES string of the molecule is O=C(COc1ccc(Cl)cc1)Nc1n[nH]c2cc(-c3ccc(F)c(F)c3)ccc12. The Morgan fingerprint density at radius 3 is 2.48 bits per heavy atom. The van der Waals surface area contributed by atoms with Crippen molar-refractivity contribution < 1.29 is 18.3 Å². The molecule has 0 unspecified atom stereocenters. The van der Waals surface area contributed by atoms with Crippen molar-refractivity contribution in [3.63, 3.8) is 0 Å². The molecule has 0 saturated carbocycles. The number of benzene rings is 3. The number of rotatable bonds is 5. The van der Waals surface area contributed by atoms with Gasteiger partial charge >= 0.3 is 0 Å². The van der Waals surface area contributed by atoms with Crippen LogP contribution in [0, 0.1) is 11.6 Å². The number of nitrogens with one attached hydrogen (secondary N) is 2. The maximum Gasteiger partial charge on any atom is 0.263 e. The van der Waals surface area contributed by atoms with Crippen molar-refractivity contribution in [1.82, 2.24) is 10.2 Å². The molecule has 146 valence electrons. The third-order valence-electron chi connectivity index (χ3n) is 4.26. The van der Waals surface area contributed by atoms with Gasteiger partial charge in [-0.1, -0.05) is 23.7 Å². The number of H-pyrrole nitrogens is 1. The monoisotopic (exact) mass is 413 g/mol. The van der Waals surface area contributed by atoms with Crippen LogP contribution < -0.4 is 10.1 Å². The van der Waals surface area contributed by atoms with E-state index in [2.05, 4.69) is 15.5 Å². The van der Waals surface area contributed by atoms with Gasteiger partial charge in [0, 0.05) is 10.4 Å². The first-order chi connectivity index (χ1) is 14.0. The van der Waals surface area contributed by atoms with Crippen LogP contribution in [0.3, 0.4) is 0 Å². The van der Waals surface area contributed by atoms with Crippen LogP contribution in [0.25, 0.3) is 22.0 Å². The lowest BCUT2D eigenvalue weighted by Crippen LogP contribution is -2.20. The maximum absolute atomic E-state index is 13.5. The van der Waals surface area contributed by atoms with Crippen LogP contribution >= 0.6 is 11.6 Å². The summed E-state index contributed by atoms with van der Waals surface area (Å²) in [6.45, 7) is -0.192. The quantitative estimate of drug-likeness (QED) is 0.474. The number of carbonyl (C=O) groups excluding carboxylic acids is 1. The van der Waals surface area contributed by atoms with E-state index in [1.165, 1.54) is 6.07 Å². The van der Waals surface area contributed by atoms with Gasteiger partial charge in [0.15, 0.2) is 24.1 Å². The van der Waals surface area contributed by atoms with Gasteiger partial charge in [-0.15, -0.1) is 0 Å². The molecule has 1 aromatic heterocycles. The number of aromatic amines is 1. The number of amides is 1. The standard InChI is InChI=1S/C21H14ClF2N3O2/c22-14-3-5-15(6-4-14)29-11-20(28)25-21-16-7-1-13(10-19(16)26-27-21)12-2-8-17(23)18(24)9-12/h1-10H,11H2,(H2,25,26,27,28). The lowest BCUT2D eigenvalue weighted by atomic mass is 10.0. The van der Waals surface area contributed by atoms with Crippen LogP contribution in [0.15, 0.2) is 60.7 Å². The molecule has 0 aliphatic rings. The summed E-state index contributed by atoms with van der Waals surface area (Å²) in [5.41, 5.74) is 1.85. The second-order valence-electron chi connectivity index (χ2n) is 6.25. The Bertz CT molecular complexity index is 1190. The van der Waals surface area contributed by atoms with E-state index < -0.39 is 11.6 Å². The van der Waals surface area contributed by atoms with Crippen molar-refractivity contribution in [2.45, 2.75) is 0 Å². The fraction of sp³-hybridized carbons (Fsp3) is 0.0476. The van der Waals surface area contributed by atoms with Gasteiger partial charge in [-0.25, -0.2) is 8.78 Å². The van der Waals surface area contributed by atoms with Gasteiger partial charge in [0.1, 0.15) is 5.75 Å². The molecular formula is C21H14ClF2N3O2. The zero-order chi connectivity index (χ0) is 20.4. The lowest BCUT2D eigenvalue weighted by molar-refractivity contribution is -0.118. The van der Waals surface area contributed by atoms with Gasteiger partial charge in [0.25, 0.3) is 5.91 Å². The molecule has 0 atom stereocenters. The van der Waals surface area contributed by atoms with Gasteiger partial charge in [0.2, 0.25) is 0 Å². The molecule has 29 heavy (non-hydrogen) atoms. The van der Waals surface area contributed by atoms with E-state index in [9.17, 15) is 13.6 Å². The van der Waals surface area contributed by atoms with Gasteiger partial charge in [-0.05, 0) is 59.7 Å². The highest BCUT2D eigenvalue weighted by Crippen LogP contribution is 2.28. The molecule has 0 radical (unpaired) electrons. The molecular weight excluding hydrogens is 400 g/mol. The Hall–Kier alpha value is -3.45.